The van der Waals surface area contributed by atoms with E-state index in [1.54, 1.807) is 11.1 Å². The molecule has 0 radical (unpaired) electrons. The molecule has 0 heterocycles. The van der Waals surface area contributed by atoms with Crippen LogP contribution in [0.4, 0.5) is 17.1 Å². The first-order valence-corrected chi connectivity index (χ1v) is 18.9. The summed E-state index contributed by atoms with van der Waals surface area (Å²) in [6.45, 7) is 9.92. The van der Waals surface area contributed by atoms with E-state index in [0.717, 1.165) is 30.1 Å². The lowest BCUT2D eigenvalue weighted by Gasteiger charge is -2.45. The van der Waals surface area contributed by atoms with Crippen molar-refractivity contribution in [1.82, 2.24) is 0 Å². The minimum absolute atomic E-state index is 0.0721. The van der Waals surface area contributed by atoms with Crippen molar-refractivity contribution in [3.8, 4) is 11.1 Å². The Kier molecular flexibility index (Phi) is 6.12. The molecule has 0 saturated heterocycles. The van der Waals surface area contributed by atoms with Crippen LogP contribution in [-0.2, 0) is 16.2 Å². The average Bonchev–Trinajstić information content (AvgIpc) is 3.65. The van der Waals surface area contributed by atoms with Gasteiger partial charge in [-0.25, -0.2) is 0 Å². The molecule has 6 atom stereocenters. The van der Waals surface area contributed by atoms with Crippen molar-refractivity contribution in [3.05, 3.63) is 137 Å². The first-order valence-electron chi connectivity index (χ1n) is 18.9. The maximum atomic E-state index is 2.74. The standard InChI is InChI=1S/C47H49N/c1-45(2)24-25-46(3,4)43-39(45)20-13-21-41(43)48(34-16-9-6-10-17-34)44-35(31-14-7-5-8-15-31)22-23-38-42(44)36-18-11-12-19-37(36)47(38)33-27-30-26-32(29-33)40(47)28-30/h5-14,16-23,30-33,40H,15,24-29H2,1-4H3. The molecule has 48 heavy (non-hydrogen) atoms. The number of benzene rings is 4. The predicted molar refractivity (Wildman–Crippen MR) is 201 cm³/mol. The molecular weight excluding hydrogens is 579 g/mol. The van der Waals surface area contributed by atoms with E-state index in [4.69, 9.17) is 0 Å². The lowest BCUT2D eigenvalue weighted by atomic mass is 9.59. The summed E-state index contributed by atoms with van der Waals surface area (Å²) in [5.74, 6) is 3.70. The third kappa shape index (κ3) is 3.80. The lowest BCUT2D eigenvalue weighted by molar-refractivity contribution is 0.191. The molecule has 242 valence electrons. The summed E-state index contributed by atoms with van der Waals surface area (Å²) < 4.78 is 0. The Morgan fingerprint density at radius 1 is 0.667 bits per heavy atom. The molecule has 7 aliphatic carbocycles. The Morgan fingerprint density at radius 3 is 2.27 bits per heavy atom. The van der Waals surface area contributed by atoms with Crippen LogP contribution in [0.3, 0.4) is 0 Å². The quantitative estimate of drug-likeness (QED) is 0.218. The van der Waals surface area contributed by atoms with Crippen LogP contribution in [0, 0.1) is 23.7 Å². The van der Waals surface area contributed by atoms with Crippen molar-refractivity contribution >= 4 is 17.1 Å². The van der Waals surface area contributed by atoms with Gasteiger partial charge in [0.1, 0.15) is 0 Å². The SMILES string of the molecule is CC1(C)CCC(C)(C)c2c(N(c3ccccc3)c3c(C4C=CC=CC4)ccc4c3-c3ccccc3C43C4CC5CC(C4)C3C5)cccc21. The largest absolute Gasteiger partial charge is 0.309 e. The van der Waals surface area contributed by atoms with Gasteiger partial charge in [0, 0.05) is 22.6 Å². The molecule has 4 bridgehead atoms. The van der Waals surface area contributed by atoms with Crippen molar-refractivity contribution in [2.45, 2.75) is 94.8 Å². The summed E-state index contributed by atoms with van der Waals surface area (Å²) in [7, 11) is 0. The van der Waals surface area contributed by atoms with Crippen LogP contribution in [0.1, 0.15) is 106 Å². The van der Waals surface area contributed by atoms with Crippen LogP contribution in [-0.4, -0.2) is 0 Å². The van der Waals surface area contributed by atoms with Gasteiger partial charge in [0.15, 0.2) is 0 Å². The number of hydrogen-bond donors (Lipinski definition) is 0. The van der Waals surface area contributed by atoms with E-state index in [-0.39, 0.29) is 16.2 Å². The van der Waals surface area contributed by atoms with E-state index in [1.165, 1.54) is 83.4 Å². The topological polar surface area (TPSA) is 3.24 Å². The van der Waals surface area contributed by atoms with Crippen LogP contribution in [0.2, 0.25) is 0 Å². The maximum Gasteiger partial charge on any atom is 0.0581 e. The fourth-order valence-corrected chi connectivity index (χ4v) is 12.3. The van der Waals surface area contributed by atoms with Crippen LogP contribution in [0.15, 0.2) is 109 Å². The Morgan fingerprint density at radius 2 is 1.46 bits per heavy atom. The second-order valence-electron chi connectivity index (χ2n) is 17.5. The lowest BCUT2D eigenvalue weighted by Crippen LogP contribution is -2.40. The molecule has 1 heteroatoms. The van der Waals surface area contributed by atoms with E-state index in [0.29, 0.717) is 5.92 Å². The third-order valence-electron chi connectivity index (χ3n) is 14.2. The second-order valence-corrected chi connectivity index (χ2v) is 17.5. The van der Waals surface area contributed by atoms with Gasteiger partial charge in [-0.15, -0.1) is 0 Å². The third-order valence-corrected chi connectivity index (χ3v) is 14.2. The predicted octanol–water partition coefficient (Wildman–Crippen LogP) is 12.4. The molecule has 11 rings (SSSR count). The molecule has 4 saturated carbocycles. The van der Waals surface area contributed by atoms with Gasteiger partial charge >= 0.3 is 0 Å². The fourth-order valence-electron chi connectivity index (χ4n) is 12.3. The number of fused-ring (bicyclic) bond motifs is 4. The van der Waals surface area contributed by atoms with Crippen molar-refractivity contribution in [2.24, 2.45) is 23.7 Å². The molecule has 6 unspecified atom stereocenters. The highest BCUT2D eigenvalue weighted by Crippen LogP contribution is 2.74. The Bertz CT molecular complexity index is 2000. The molecule has 0 N–H and O–H groups in total. The van der Waals surface area contributed by atoms with Gasteiger partial charge in [-0.05, 0) is 131 Å². The smallest absolute Gasteiger partial charge is 0.0581 e. The molecule has 4 aromatic carbocycles. The highest BCUT2D eigenvalue weighted by Gasteiger charge is 2.66. The van der Waals surface area contributed by atoms with Gasteiger partial charge in [0.25, 0.3) is 0 Å². The number of anilines is 3. The first kappa shape index (κ1) is 29.1. The van der Waals surface area contributed by atoms with Gasteiger partial charge in [0.2, 0.25) is 0 Å². The van der Waals surface area contributed by atoms with Gasteiger partial charge in [-0.3, -0.25) is 0 Å². The zero-order valence-corrected chi connectivity index (χ0v) is 29.2. The zero-order chi connectivity index (χ0) is 32.4. The summed E-state index contributed by atoms with van der Waals surface area (Å²) in [6, 6.07) is 33.5. The monoisotopic (exact) mass is 627 g/mol. The van der Waals surface area contributed by atoms with E-state index < -0.39 is 0 Å². The van der Waals surface area contributed by atoms with E-state index >= 15 is 0 Å². The van der Waals surface area contributed by atoms with Gasteiger partial charge in [-0.2, -0.15) is 0 Å². The summed E-state index contributed by atoms with van der Waals surface area (Å²) >= 11 is 0. The van der Waals surface area contributed by atoms with E-state index in [2.05, 4.69) is 142 Å². The van der Waals surface area contributed by atoms with Crippen LogP contribution in [0.5, 0.6) is 0 Å². The number of nitrogens with zero attached hydrogens (tertiary/aromatic N) is 1. The molecule has 0 aromatic heterocycles. The number of para-hydroxylation sites is 1. The molecular formula is C47H49N. The molecule has 1 spiro atoms. The van der Waals surface area contributed by atoms with Crippen molar-refractivity contribution in [2.75, 3.05) is 4.90 Å². The van der Waals surface area contributed by atoms with E-state index in [9.17, 15) is 0 Å². The fraction of sp³-hybridized carbons (Fsp3) is 0.404. The molecule has 4 fully saturated rings. The van der Waals surface area contributed by atoms with E-state index in [1.807, 2.05) is 0 Å². The van der Waals surface area contributed by atoms with Crippen molar-refractivity contribution < 1.29 is 0 Å². The van der Waals surface area contributed by atoms with Crippen LogP contribution in [0.25, 0.3) is 11.1 Å². The molecule has 1 nitrogen and oxygen atoms in total. The Hall–Kier alpha value is -3.84. The molecule has 7 aliphatic rings. The highest BCUT2D eigenvalue weighted by molar-refractivity contribution is 5.98. The summed E-state index contributed by atoms with van der Waals surface area (Å²) in [5, 5.41) is 0. The van der Waals surface area contributed by atoms with Crippen molar-refractivity contribution in [1.29, 1.82) is 0 Å². The number of allylic oxidation sites excluding steroid dienone is 4. The number of rotatable bonds is 4. The van der Waals surface area contributed by atoms with Gasteiger partial charge < -0.3 is 4.90 Å². The van der Waals surface area contributed by atoms with Crippen LogP contribution < -0.4 is 4.90 Å². The minimum atomic E-state index is 0.0721. The average molecular weight is 628 g/mol. The first-order chi connectivity index (χ1) is 23.3. The maximum absolute atomic E-state index is 2.74. The zero-order valence-electron chi connectivity index (χ0n) is 29.2. The minimum Gasteiger partial charge on any atom is -0.309 e. The van der Waals surface area contributed by atoms with Crippen LogP contribution >= 0.6 is 0 Å². The Balaban J connectivity index is 1.33. The molecule has 0 amide bonds. The highest BCUT2D eigenvalue weighted by atomic mass is 15.2. The summed E-state index contributed by atoms with van der Waals surface area (Å²) in [5.41, 5.74) is 15.2. The molecule has 0 aliphatic heterocycles. The molecule has 4 aromatic rings. The van der Waals surface area contributed by atoms with Gasteiger partial charge in [-0.1, -0.05) is 119 Å². The summed E-state index contributed by atoms with van der Waals surface area (Å²) in [6.07, 6.45) is 18.5. The van der Waals surface area contributed by atoms with Crippen molar-refractivity contribution in [3.63, 3.8) is 0 Å². The second kappa shape index (κ2) is 10.1. The number of hydrogen-bond acceptors (Lipinski definition) is 1. The Labute approximate surface area is 287 Å². The normalized spacial score (nSPS) is 30.8. The summed E-state index contributed by atoms with van der Waals surface area (Å²) in [4.78, 5) is 2.74. The van der Waals surface area contributed by atoms with Gasteiger partial charge in [0.05, 0.1) is 11.4 Å².